The highest BCUT2D eigenvalue weighted by Gasteiger charge is 2.92. The molecule has 0 N–H and O–H groups in total. The third kappa shape index (κ3) is 11.9. The van der Waals surface area contributed by atoms with Crippen molar-refractivity contribution in [2.24, 2.45) is 0 Å². The predicted octanol–water partition coefficient (Wildman–Crippen LogP) is 12.4. The minimum Gasteiger partial charge on any atom is -0.494 e. The van der Waals surface area contributed by atoms with E-state index in [0.717, 1.165) is 37.8 Å². The molecule has 0 aliphatic heterocycles. The Kier molecular flexibility index (Phi) is 17.2. The topological polar surface area (TPSA) is 88.1 Å². The Bertz CT molecular complexity index is 1950. The maximum atomic E-state index is 14.8. The van der Waals surface area contributed by atoms with Crippen molar-refractivity contribution in [1.82, 2.24) is 0 Å². The number of halogens is 14. The van der Waals surface area contributed by atoms with Crippen LogP contribution in [-0.2, 0) is 14.3 Å². The molecule has 0 unspecified atom stereocenters. The van der Waals surface area contributed by atoms with E-state index >= 15 is 0 Å². The number of hydrogen-bond donors (Lipinski definition) is 0. The quantitative estimate of drug-likeness (QED) is 0.0405. The largest absolute Gasteiger partial charge is 0.494 e. The van der Waals surface area contributed by atoms with Crippen LogP contribution in [-0.4, -0.2) is 73.0 Å². The Hall–Kier alpha value is -5.11. The summed E-state index contributed by atoms with van der Waals surface area (Å²) in [6, 6.07) is 16.0. The number of esters is 3. The van der Waals surface area contributed by atoms with Crippen LogP contribution in [0.4, 0.5) is 61.5 Å². The lowest BCUT2D eigenvalue weighted by molar-refractivity contribution is -0.437. The Morgan fingerprint density at radius 3 is 1.65 bits per heavy atom. The molecular weight excluding hydrogens is 870 g/mol. The third-order valence-corrected chi connectivity index (χ3v) is 9.18. The lowest BCUT2D eigenvalue weighted by Crippen LogP contribution is -2.71. The Labute approximate surface area is 345 Å². The fraction of sp³-hybridized carbons (Fsp3) is 0.488. The smallest absolute Gasteiger partial charge is 0.460 e. The van der Waals surface area contributed by atoms with Crippen LogP contribution in [0.2, 0.25) is 0 Å². The number of unbranched alkanes of at least 4 members (excludes halogenated alkanes) is 6. The minimum absolute atomic E-state index is 0.0174. The van der Waals surface area contributed by atoms with Crippen LogP contribution in [0, 0.1) is 5.82 Å². The molecule has 344 valence electrons. The van der Waals surface area contributed by atoms with Crippen molar-refractivity contribution in [3.05, 3.63) is 83.7 Å². The van der Waals surface area contributed by atoms with Gasteiger partial charge in [0.1, 0.15) is 5.75 Å². The second-order valence-corrected chi connectivity index (χ2v) is 14.0. The zero-order valence-electron chi connectivity index (χ0n) is 32.9. The van der Waals surface area contributed by atoms with Crippen molar-refractivity contribution in [3.8, 4) is 22.6 Å². The minimum atomic E-state index is -8.12. The Morgan fingerprint density at radius 2 is 1.10 bits per heavy atom. The molecule has 0 amide bonds. The van der Waals surface area contributed by atoms with Gasteiger partial charge < -0.3 is 18.9 Å². The van der Waals surface area contributed by atoms with Crippen molar-refractivity contribution in [2.45, 2.75) is 114 Å². The van der Waals surface area contributed by atoms with Gasteiger partial charge in [-0.05, 0) is 99.0 Å². The summed E-state index contributed by atoms with van der Waals surface area (Å²) in [5.41, 5.74) is 1.41. The monoisotopic (exact) mass is 910 g/mol. The Balaban J connectivity index is 1.42. The van der Waals surface area contributed by atoms with Crippen LogP contribution in [0.3, 0.4) is 0 Å². The van der Waals surface area contributed by atoms with Crippen molar-refractivity contribution in [1.29, 1.82) is 0 Å². The fourth-order valence-corrected chi connectivity index (χ4v) is 5.48. The molecule has 0 saturated carbocycles. The number of carbonyl (C=O) groups excluding carboxylic acids is 3. The zero-order valence-corrected chi connectivity index (χ0v) is 32.9. The van der Waals surface area contributed by atoms with Crippen molar-refractivity contribution in [3.63, 3.8) is 0 Å². The van der Waals surface area contributed by atoms with Crippen LogP contribution < -0.4 is 9.47 Å². The average Bonchev–Trinajstić information content (AvgIpc) is 3.20. The molecule has 7 nitrogen and oxygen atoms in total. The number of carbonyl (C=O) groups is 3. The lowest BCUT2D eigenvalue weighted by atomic mass is 9.94. The van der Waals surface area contributed by atoms with Crippen molar-refractivity contribution in [2.75, 3.05) is 13.2 Å². The molecule has 1 atom stereocenters. The first-order valence-corrected chi connectivity index (χ1v) is 18.9. The standard InChI is InChI=1S/C41H40F14O7/c1-3-4-5-8-11-25(2)61-34(57)29-18-21-32(31(42)24-29)62-33(56)28-14-12-26(13-15-28)27-16-19-30(20-17-27)59-22-9-6-7-10-23-60-35(58)36(43,44)37(45,46)38(47,48)39(49,50)40(51,52)41(53,54)55/h12-21,24-25H,3-11,22-23H2,1-2H3/t25-/m0/s1. The van der Waals surface area contributed by atoms with Gasteiger partial charge in [0, 0.05) is 0 Å². The molecule has 0 heterocycles. The molecule has 0 fully saturated rings. The highest BCUT2D eigenvalue weighted by Crippen LogP contribution is 2.60. The van der Waals surface area contributed by atoms with E-state index in [1.54, 1.807) is 43.3 Å². The molecule has 62 heavy (non-hydrogen) atoms. The maximum absolute atomic E-state index is 14.8. The van der Waals surface area contributed by atoms with E-state index in [-0.39, 0.29) is 49.5 Å². The van der Waals surface area contributed by atoms with Crippen LogP contribution in [0.1, 0.15) is 92.4 Å². The van der Waals surface area contributed by atoms with E-state index < -0.39 is 71.9 Å². The molecule has 3 aromatic carbocycles. The first-order valence-electron chi connectivity index (χ1n) is 18.9. The Morgan fingerprint density at radius 1 is 0.581 bits per heavy atom. The normalized spacial score (nSPS) is 13.4. The number of benzene rings is 3. The van der Waals surface area contributed by atoms with E-state index in [0.29, 0.717) is 23.3 Å². The van der Waals surface area contributed by atoms with Gasteiger partial charge in [-0.25, -0.2) is 18.8 Å². The molecule has 0 bridgehead atoms. The molecule has 0 aliphatic carbocycles. The van der Waals surface area contributed by atoms with Gasteiger partial charge in [0.05, 0.1) is 30.4 Å². The second kappa shape index (κ2) is 20.8. The first kappa shape index (κ1) is 51.2. The number of ether oxygens (including phenoxy) is 4. The molecule has 0 aliphatic rings. The molecule has 0 saturated heterocycles. The van der Waals surface area contributed by atoms with Crippen molar-refractivity contribution < 1.29 is 94.8 Å². The summed E-state index contributed by atoms with van der Waals surface area (Å²) in [7, 11) is 0. The van der Waals surface area contributed by atoms with E-state index in [4.69, 9.17) is 14.2 Å². The van der Waals surface area contributed by atoms with Crippen LogP contribution in [0.25, 0.3) is 11.1 Å². The number of alkyl halides is 13. The summed E-state index contributed by atoms with van der Waals surface area (Å²) in [6.45, 7) is 2.74. The summed E-state index contributed by atoms with van der Waals surface area (Å²) in [5, 5.41) is 0. The third-order valence-electron chi connectivity index (χ3n) is 9.18. The maximum Gasteiger partial charge on any atom is 0.460 e. The predicted molar refractivity (Wildman–Crippen MR) is 193 cm³/mol. The van der Waals surface area contributed by atoms with E-state index in [2.05, 4.69) is 11.7 Å². The van der Waals surface area contributed by atoms with Gasteiger partial charge in [-0.3, -0.25) is 0 Å². The molecule has 0 radical (unpaired) electrons. The molecule has 0 aromatic heterocycles. The van der Waals surface area contributed by atoms with Gasteiger partial charge in [0.25, 0.3) is 0 Å². The number of hydrogen-bond acceptors (Lipinski definition) is 7. The van der Waals surface area contributed by atoms with Gasteiger partial charge >= 0.3 is 53.7 Å². The summed E-state index contributed by atoms with van der Waals surface area (Å²) in [4.78, 5) is 36.6. The first-order chi connectivity index (χ1) is 28.7. The molecule has 3 aromatic rings. The average molecular weight is 911 g/mol. The zero-order chi connectivity index (χ0) is 46.7. The summed E-state index contributed by atoms with van der Waals surface area (Å²) in [6.07, 6.45) is -3.06. The van der Waals surface area contributed by atoms with Gasteiger partial charge in [-0.2, -0.15) is 57.1 Å². The summed E-state index contributed by atoms with van der Waals surface area (Å²) in [5.74, 6) is -44.9. The fourth-order valence-electron chi connectivity index (χ4n) is 5.48. The van der Waals surface area contributed by atoms with Crippen LogP contribution in [0.5, 0.6) is 11.5 Å². The molecular formula is C41H40F14O7. The molecule has 0 spiro atoms. The summed E-state index contributed by atoms with van der Waals surface area (Å²) >= 11 is 0. The van der Waals surface area contributed by atoms with Gasteiger partial charge in [0.2, 0.25) is 0 Å². The second-order valence-electron chi connectivity index (χ2n) is 14.0. The van der Waals surface area contributed by atoms with Crippen LogP contribution >= 0.6 is 0 Å². The van der Waals surface area contributed by atoms with Crippen LogP contribution in [0.15, 0.2) is 66.7 Å². The van der Waals surface area contributed by atoms with Gasteiger partial charge in [0.15, 0.2) is 11.6 Å². The molecule has 3 rings (SSSR count). The highest BCUT2D eigenvalue weighted by molar-refractivity contribution is 5.92. The molecule has 21 heteroatoms. The van der Waals surface area contributed by atoms with E-state index in [1.807, 2.05) is 0 Å². The van der Waals surface area contributed by atoms with Gasteiger partial charge in [-0.1, -0.05) is 50.5 Å². The SMILES string of the molecule is CCCCCC[C@H](C)OC(=O)c1ccc(OC(=O)c2ccc(-c3ccc(OCCCCCCOC(=O)C(F)(F)C(F)(F)C(F)(F)C(F)(F)C(F)(F)C(F)(F)F)cc3)cc2)c(F)c1. The van der Waals surface area contributed by atoms with Gasteiger partial charge in [-0.15, -0.1) is 0 Å². The highest BCUT2D eigenvalue weighted by atomic mass is 19.4. The summed E-state index contributed by atoms with van der Waals surface area (Å²) < 4.78 is 206. The number of rotatable bonds is 23. The van der Waals surface area contributed by atoms with E-state index in [9.17, 15) is 75.8 Å². The lowest BCUT2D eigenvalue weighted by Gasteiger charge is -2.38. The van der Waals surface area contributed by atoms with E-state index in [1.165, 1.54) is 18.2 Å². The van der Waals surface area contributed by atoms with Crippen molar-refractivity contribution >= 4 is 17.9 Å².